The molecule has 0 saturated carbocycles. The van der Waals surface area contributed by atoms with Crippen molar-refractivity contribution in [3.05, 3.63) is 35.9 Å². The van der Waals surface area contributed by atoms with E-state index in [0.717, 1.165) is 23.0 Å². The number of aryl methyl sites for hydroxylation is 1. The number of primary amides is 1. The summed E-state index contributed by atoms with van der Waals surface area (Å²) in [5.41, 5.74) is 8.71. The van der Waals surface area contributed by atoms with Crippen LogP contribution in [0.15, 0.2) is 35.5 Å². The van der Waals surface area contributed by atoms with E-state index < -0.39 is 5.91 Å². The molecule has 3 rings (SSSR count). The van der Waals surface area contributed by atoms with Crippen LogP contribution in [0.4, 0.5) is 0 Å². The van der Waals surface area contributed by atoms with Gasteiger partial charge in [-0.2, -0.15) is 5.10 Å². The molecule has 8 nitrogen and oxygen atoms in total. The van der Waals surface area contributed by atoms with Crippen molar-refractivity contribution in [2.24, 2.45) is 5.73 Å². The summed E-state index contributed by atoms with van der Waals surface area (Å²) in [5, 5.41) is 15.6. The van der Waals surface area contributed by atoms with Gasteiger partial charge >= 0.3 is 0 Å². The zero-order valence-corrected chi connectivity index (χ0v) is 13.2. The van der Waals surface area contributed by atoms with E-state index in [9.17, 15) is 4.79 Å². The summed E-state index contributed by atoms with van der Waals surface area (Å²) in [6, 6.07) is 9.88. The number of nitrogens with two attached hydrogens (primary N) is 2. The smallest absolute Gasteiger partial charge is 0.227 e. The molecule has 3 aromatic rings. The first kappa shape index (κ1) is 15.1. The maximum absolute atomic E-state index is 10.8. The van der Waals surface area contributed by atoms with Crippen LogP contribution in [0.3, 0.4) is 0 Å². The van der Waals surface area contributed by atoms with Crippen LogP contribution in [0.5, 0.6) is 0 Å². The summed E-state index contributed by atoms with van der Waals surface area (Å²) < 4.78 is 1.31. The number of carbonyl (C=O) groups is 1. The zero-order valence-electron chi connectivity index (χ0n) is 12.4. The van der Waals surface area contributed by atoms with Gasteiger partial charge in [-0.15, -0.1) is 10.2 Å². The molecule has 2 heterocycles. The average molecular weight is 329 g/mol. The Hall–Kier alpha value is -2.81. The third-order valence-corrected chi connectivity index (χ3v) is 4.14. The van der Waals surface area contributed by atoms with Gasteiger partial charge in [0.05, 0.1) is 11.4 Å². The number of H-pyrrole nitrogens is 1. The lowest BCUT2D eigenvalue weighted by Crippen LogP contribution is -2.16. The van der Waals surface area contributed by atoms with E-state index in [0.29, 0.717) is 16.7 Å². The molecule has 0 aliphatic heterocycles. The molecule has 0 bridgehead atoms. The largest absolute Gasteiger partial charge is 0.369 e. The first-order valence-corrected chi connectivity index (χ1v) is 7.77. The molecule has 2 aromatic heterocycles. The van der Waals surface area contributed by atoms with Crippen molar-refractivity contribution >= 4 is 17.7 Å². The normalized spacial score (nSPS) is 10.8. The van der Waals surface area contributed by atoms with Gasteiger partial charge in [-0.1, -0.05) is 41.6 Å². The van der Waals surface area contributed by atoms with Crippen LogP contribution in [0.1, 0.15) is 5.56 Å². The number of aromatic amines is 1. The SMILES string of the molecule is Cc1ccc(-c2cc(-c3nnc(SCC(N)=O)n3N)[nH]n2)cc1. The minimum Gasteiger partial charge on any atom is -0.369 e. The number of carbonyl (C=O) groups excluding carboxylic acids is 1. The number of hydrogen-bond acceptors (Lipinski definition) is 6. The van der Waals surface area contributed by atoms with Crippen molar-refractivity contribution < 1.29 is 4.79 Å². The van der Waals surface area contributed by atoms with Gasteiger partial charge in [-0.25, -0.2) is 4.68 Å². The molecule has 0 unspecified atom stereocenters. The third-order valence-electron chi connectivity index (χ3n) is 3.17. The zero-order chi connectivity index (χ0) is 16.4. The molecule has 0 fully saturated rings. The average Bonchev–Trinajstić information content (AvgIpc) is 3.13. The number of hydrogen-bond donors (Lipinski definition) is 3. The van der Waals surface area contributed by atoms with Gasteiger partial charge in [0.2, 0.25) is 16.9 Å². The third kappa shape index (κ3) is 3.19. The number of thioether (sulfide) groups is 1. The van der Waals surface area contributed by atoms with Crippen LogP contribution in [-0.4, -0.2) is 36.7 Å². The summed E-state index contributed by atoms with van der Waals surface area (Å²) >= 11 is 1.13. The first-order chi connectivity index (χ1) is 11.0. The van der Waals surface area contributed by atoms with E-state index in [1.165, 1.54) is 10.2 Å². The van der Waals surface area contributed by atoms with Crippen molar-refractivity contribution in [1.29, 1.82) is 0 Å². The molecular weight excluding hydrogens is 314 g/mol. The number of nitrogens with zero attached hydrogens (tertiary/aromatic N) is 4. The fourth-order valence-corrected chi connectivity index (χ4v) is 2.60. The number of nitrogen functional groups attached to an aromatic ring is 1. The lowest BCUT2D eigenvalue weighted by atomic mass is 10.1. The summed E-state index contributed by atoms with van der Waals surface area (Å²) in [4.78, 5) is 10.8. The van der Waals surface area contributed by atoms with Gasteiger partial charge in [0.1, 0.15) is 5.69 Å². The Labute approximate surface area is 136 Å². The van der Waals surface area contributed by atoms with E-state index in [2.05, 4.69) is 20.4 Å². The van der Waals surface area contributed by atoms with Crippen LogP contribution >= 0.6 is 11.8 Å². The van der Waals surface area contributed by atoms with E-state index in [-0.39, 0.29) is 5.75 Å². The van der Waals surface area contributed by atoms with Crippen LogP contribution < -0.4 is 11.6 Å². The highest BCUT2D eigenvalue weighted by Crippen LogP contribution is 2.24. The van der Waals surface area contributed by atoms with E-state index in [1.54, 1.807) is 0 Å². The van der Waals surface area contributed by atoms with Crippen molar-refractivity contribution in [2.45, 2.75) is 12.1 Å². The molecule has 0 aliphatic carbocycles. The summed E-state index contributed by atoms with van der Waals surface area (Å²) in [6.07, 6.45) is 0. The molecule has 1 aromatic carbocycles. The molecule has 1 amide bonds. The van der Waals surface area contributed by atoms with Gasteiger partial charge in [0, 0.05) is 5.56 Å². The summed E-state index contributed by atoms with van der Waals surface area (Å²) in [5.74, 6) is 6.04. The molecule has 9 heteroatoms. The number of aromatic nitrogens is 5. The van der Waals surface area contributed by atoms with Gasteiger partial charge < -0.3 is 11.6 Å². The Morgan fingerprint density at radius 3 is 2.74 bits per heavy atom. The standard InChI is InChI=1S/C14H15N7OS/c1-8-2-4-9(5-3-8)10-6-11(18-17-10)13-19-20-14(21(13)16)23-7-12(15)22/h2-6H,7,16H2,1H3,(H2,15,22)(H,17,18). The Kier molecular flexibility index (Phi) is 4.02. The quantitative estimate of drug-likeness (QED) is 0.472. The Balaban J connectivity index is 1.86. The van der Waals surface area contributed by atoms with Crippen LogP contribution in [0, 0.1) is 6.92 Å². The topological polar surface area (TPSA) is 128 Å². The monoisotopic (exact) mass is 329 g/mol. The fraction of sp³-hybridized carbons (Fsp3) is 0.143. The molecule has 118 valence electrons. The second kappa shape index (κ2) is 6.13. The van der Waals surface area contributed by atoms with E-state index in [4.69, 9.17) is 11.6 Å². The number of nitrogens with one attached hydrogen (secondary N) is 1. The molecule has 0 radical (unpaired) electrons. The fourth-order valence-electron chi connectivity index (χ4n) is 2.00. The maximum Gasteiger partial charge on any atom is 0.227 e. The van der Waals surface area contributed by atoms with Crippen molar-refractivity contribution in [3.63, 3.8) is 0 Å². The first-order valence-electron chi connectivity index (χ1n) is 6.79. The Morgan fingerprint density at radius 2 is 2.04 bits per heavy atom. The molecular formula is C14H15N7OS. The second-order valence-electron chi connectivity index (χ2n) is 4.96. The van der Waals surface area contributed by atoms with Crippen molar-refractivity contribution in [2.75, 3.05) is 11.6 Å². The highest BCUT2D eigenvalue weighted by molar-refractivity contribution is 7.99. The molecule has 0 saturated heterocycles. The van der Waals surface area contributed by atoms with Crippen LogP contribution in [0.25, 0.3) is 22.8 Å². The van der Waals surface area contributed by atoms with Gasteiger partial charge in [-0.3, -0.25) is 9.89 Å². The molecule has 23 heavy (non-hydrogen) atoms. The lowest BCUT2D eigenvalue weighted by Gasteiger charge is -2.00. The van der Waals surface area contributed by atoms with Crippen molar-refractivity contribution in [3.8, 4) is 22.8 Å². The molecule has 0 spiro atoms. The molecule has 5 N–H and O–H groups in total. The molecule has 0 atom stereocenters. The van der Waals surface area contributed by atoms with E-state index in [1.807, 2.05) is 37.3 Å². The minimum absolute atomic E-state index is 0.0902. The van der Waals surface area contributed by atoms with Gasteiger partial charge in [0.25, 0.3) is 0 Å². The highest BCUT2D eigenvalue weighted by Gasteiger charge is 2.15. The highest BCUT2D eigenvalue weighted by atomic mass is 32.2. The van der Waals surface area contributed by atoms with Crippen LogP contribution in [-0.2, 0) is 4.79 Å². The number of rotatable bonds is 5. The summed E-state index contributed by atoms with van der Waals surface area (Å²) in [6.45, 7) is 2.03. The van der Waals surface area contributed by atoms with Gasteiger partial charge in [0.15, 0.2) is 0 Å². The number of benzene rings is 1. The van der Waals surface area contributed by atoms with Crippen molar-refractivity contribution in [1.82, 2.24) is 25.1 Å². The van der Waals surface area contributed by atoms with Crippen LogP contribution in [0.2, 0.25) is 0 Å². The van der Waals surface area contributed by atoms with Gasteiger partial charge in [-0.05, 0) is 13.0 Å². The predicted octanol–water partition coefficient (Wildman–Crippen LogP) is 0.935. The molecule has 0 aliphatic rings. The maximum atomic E-state index is 10.8. The Bertz CT molecular complexity index is 837. The predicted molar refractivity (Wildman–Crippen MR) is 87.8 cm³/mol. The number of amides is 1. The van der Waals surface area contributed by atoms with E-state index >= 15 is 0 Å². The second-order valence-corrected chi connectivity index (χ2v) is 5.91. The summed E-state index contributed by atoms with van der Waals surface area (Å²) in [7, 11) is 0. The minimum atomic E-state index is -0.442. The lowest BCUT2D eigenvalue weighted by molar-refractivity contribution is -0.115. The Morgan fingerprint density at radius 1 is 1.30 bits per heavy atom.